The molecule has 2 aliphatic heterocycles. The quantitative estimate of drug-likeness (QED) is 0.685. The van der Waals surface area contributed by atoms with Crippen LogP contribution in [0.3, 0.4) is 0 Å². The fourth-order valence-corrected chi connectivity index (χ4v) is 5.38. The van der Waals surface area contributed by atoms with Gasteiger partial charge in [0.2, 0.25) is 5.91 Å². The van der Waals surface area contributed by atoms with Crippen molar-refractivity contribution in [1.82, 2.24) is 15.5 Å². The van der Waals surface area contributed by atoms with E-state index in [2.05, 4.69) is 10.6 Å². The Morgan fingerprint density at radius 2 is 2.00 bits per heavy atom. The highest BCUT2D eigenvalue weighted by Crippen LogP contribution is 2.33. The molecule has 2 N–H and O–H groups in total. The van der Waals surface area contributed by atoms with E-state index < -0.39 is 45.8 Å². The van der Waals surface area contributed by atoms with Crippen molar-refractivity contribution in [3.63, 3.8) is 0 Å². The normalized spacial score (nSPS) is 26.9. The predicted octanol–water partition coefficient (Wildman–Crippen LogP) is 0.537. The topological polar surface area (TPSA) is 113 Å². The Labute approximate surface area is 158 Å². The summed E-state index contributed by atoms with van der Waals surface area (Å²) in [5, 5.41) is 5.37. The average Bonchev–Trinajstić information content (AvgIpc) is 3.08. The van der Waals surface area contributed by atoms with Crippen LogP contribution in [0, 0.1) is 0 Å². The van der Waals surface area contributed by atoms with E-state index in [0.717, 1.165) is 4.90 Å². The Morgan fingerprint density at radius 3 is 2.59 bits per heavy atom. The number of rotatable bonds is 6. The fraction of sp³-hybridized carbons (Fsp3) is 0.500. The molecule has 0 saturated carbocycles. The Bertz CT molecular complexity index is 855. The third kappa shape index (κ3) is 3.83. The van der Waals surface area contributed by atoms with Gasteiger partial charge in [-0.3, -0.25) is 14.5 Å². The molecule has 2 fully saturated rings. The van der Waals surface area contributed by atoms with E-state index in [1.165, 1.54) is 0 Å². The number of urea groups is 1. The number of nitrogens with one attached hydrogen (secondary N) is 2. The highest BCUT2D eigenvalue weighted by molar-refractivity contribution is 7.91. The van der Waals surface area contributed by atoms with Crippen molar-refractivity contribution in [3.8, 4) is 0 Å². The van der Waals surface area contributed by atoms with Crippen LogP contribution in [0.2, 0.25) is 0 Å². The molecule has 0 aliphatic carbocycles. The summed E-state index contributed by atoms with van der Waals surface area (Å²) < 4.78 is 23.0. The zero-order valence-corrected chi connectivity index (χ0v) is 15.9. The van der Waals surface area contributed by atoms with Gasteiger partial charge in [0.15, 0.2) is 9.84 Å². The van der Waals surface area contributed by atoms with Crippen molar-refractivity contribution < 1.29 is 22.8 Å². The van der Waals surface area contributed by atoms with Gasteiger partial charge in [-0.2, -0.15) is 0 Å². The Kier molecular flexibility index (Phi) is 5.23. The van der Waals surface area contributed by atoms with Crippen LogP contribution in [-0.4, -0.2) is 55.3 Å². The standard InChI is InChI=1S/C18H23N3O5S/c1-2-9-18(13-6-4-3-5-7-13)16(23)21(17(24)20-18)11-15(22)19-14-8-10-27(25,26)12-14/h3-7,14H,2,8-12H2,1H3,(H,19,22)(H,20,24)/t14-,18+/m1/s1. The van der Waals surface area contributed by atoms with Gasteiger partial charge in [0.05, 0.1) is 11.5 Å². The first-order chi connectivity index (χ1) is 12.8. The molecular formula is C18H23N3O5S. The number of hydrogen-bond acceptors (Lipinski definition) is 5. The van der Waals surface area contributed by atoms with Gasteiger partial charge < -0.3 is 10.6 Å². The summed E-state index contributed by atoms with van der Waals surface area (Å²) in [5.41, 5.74) is -0.501. The highest BCUT2D eigenvalue weighted by Gasteiger charge is 2.52. The summed E-state index contributed by atoms with van der Waals surface area (Å²) in [5.74, 6) is -1.08. The van der Waals surface area contributed by atoms with Crippen LogP contribution in [0.4, 0.5) is 4.79 Å². The minimum atomic E-state index is -3.13. The first-order valence-corrected chi connectivity index (χ1v) is 10.8. The van der Waals surface area contributed by atoms with E-state index >= 15 is 0 Å². The van der Waals surface area contributed by atoms with Crippen molar-refractivity contribution in [2.75, 3.05) is 18.1 Å². The second kappa shape index (κ2) is 7.30. The molecule has 3 rings (SSSR count). The van der Waals surface area contributed by atoms with Crippen molar-refractivity contribution in [2.24, 2.45) is 0 Å². The molecule has 0 bridgehead atoms. The number of benzene rings is 1. The number of carbonyl (C=O) groups excluding carboxylic acids is 3. The molecule has 2 aliphatic rings. The molecule has 2 atom stereocenters. The van der Waals surface area contributed by atoms with E-state index in [1.807, 2.05) is 13.0 Å². The molecular weight excluding hydrogens is 370 g/mol. The Balaban J connectivity index is 1.74. The highest BCUT2D eigenvalue weighted by atomic mass is 32.2. The van der Waals surface area contributed by atoms with Crippen molar-refractivity contribution in [3.05, 3.63) is 35.9 Å². The number of hydrogen-bond donors (Lipinski definition) is 2. The lowest BCUT2D eigenvalue weighted by Gasteiger charge is -2.27. The molecule has 146 valence electrons. The van der Waals surface area contributed by atoms with Crippen LogP contribution in [-0.2, 0) is 25.0 Å². The Hall–Kier alpha value is -2.42. The number of nitrogens with zero attached hydrogens (tertiary/aromatic N) is 1. The molecule has 0 aromatic heterocycles. The zero-order chi connectivity index (χ0) is 19.7. The van der Waals surface area contributed by atoms with E-state index in [0.29, 0.717) is 24.8 Å². The van der Waals surface area contributed by atoms with Crippen LogP contribution in [0.5, 0.6) is 0 Å². The van der Waals surface area contributed by atoms with Gasteiger partial charge >= 0.3 is 6.03 Å². The zero-order valence-electron chi connectivity index (χ0n) is 15.1. The van der Waals surface area contributed by atoms with Gasteiger partial charge in [0.25, 0.3) is 5.91 Å². The second-order valence-electron chi connectivity index (χ2n) is 7.01. The molecule has 0 unspecified atom stereocenters. The van der Waals surface area contributed by atoms with Gasteiger partial charge in [-0.15, -0.1) is 0 Å². The summed E-state index contributed by atoms with van der Waals surface area (Å²) in [6.45, 7) is 1.49. The number of imide groups is 1. The molecule has 2 saturated heterocycles. The smallest absolute Gasteiger partial charge is 0.325 e. The predicted molar refractivity (Wildman–Crippen MR) is 98.5 cm³/mol. The molecule has 1 aromatic rings. The lowest BCUT2D eigenvalue weighted by atomic mass is 9.85. The Morgan fingerprint density at radius 1 is 1.30 bits per heavy atom. The second-order valence-corrected chi connectivity index (χ2v) is 9.24. The SMILES string of the molecule is CCC[C@@]1(c2ccccc2)NC(=O)N(CC(=O)N[C@@H]2CCS(=O)(=O)C2)C1=O. The molecule has 27 heavy (non-hydrogen) atoms. The van der Waals surface area contributed by atoms with Crippen molar-refractivity contribution in [1.29, 1.82) is 0 Å². The maximum absolute atomic E-state index is 13.1. The van der Waals surface area contributed by atoms with Crippen LogP contribution < -0.4 is 10.6 Å². The lowest BCUT2D eigenvalue weighted by molar-refractivity contribution is -0.135. The number of sulfone groups is 1. The minimum Gasteiger partial charge on any atom is -0.351 e. The van der Waals surface area contributed by atoms with Gasteiger partial charge in [0, 0.05) is 6.04 Å². The minimum absolute atomic E-state index is 0.0364. The third-order valence-corrected chi connectivity index (χ3v) is 6.73. The van der Waals surface area contributed by atoms with E-state index in [4.69, 9.17) is 0 Å². The largest absolute Gasteiger partial charge is 0.351 e. The summed E-state index contributed by atoms with van der Waals surface area (Å²) in [6.07, 6.45) is 1.43. The molecule has 9 heteroatoms. The summed E-state index contributed by atoms with van der Waals surface area (Å²) in [7, 11) is -3.13. The van der Waals surface area contributed by atoms with Gasteiger partial charge in [-0.1, -0.05) is 43.7 Å². The van der Waals surface area contributed by atoms with Gasteiger partial charge in [-0.25, -0.2) is 13.2 Å². The molecule has 8 nitrogen and oxygen atoms in total. The first kappa shape index (κ1) is 19.3. The third-order valence-electron chi connectivity index (χ3n) is 4.97. The summed E-state index contributed by atoms with van der Waals surface area (Å²) >= 11 is 0. The fourth-order valence-electron chi connectivity index (χ4n) is 3.70. The number of carbonyl (C=O) groups is 3. The van der Waals surface area contributed by atoms with Crippen molar-refractivity contribution in [2.45, 2.75) is 37.8 Å². The van der Waals surface area contributed by atoms with Crippen LogP contribution in [0.15, 0.2) is 30.3 Å². The first-order valence-electron chi connectivity index (χ1n) is 8.97. The molecule has 1 aromatic carbocycles. The lowest BCUT2D eigenvalue weighted by Crippen LogP contribution is -2.46. The molecule has 0 radical (unpaired) electrons. The molecule has 2 heterocycles. The summed E-state index contributed by atoms with van der Waals surface area (Å²) in [6, 6.07) is 7.88. The maximum atomic E-state index is 13.1. The van der Waals surface area contributed by atoms with Crippen LogP contribution in [0.25, 0.3) is 0 Å². The maximum Gasteiger partial charge on any atom is 0.325 e. The number of amides is 4. The van der Waals surface area contributed by atoms with Crippen LogP contribution in [0.1, 0.15) is 31.7 Å². The molecule has 0 spiro atoms. The van der Waals surface area contributed by atoms with Gasteiger partial charge in [-0.05, 0) is 18.4 Å². The van der Waals surface area contributed by atoms with E-state index in [1.54, 1.807) is 24.3 Å². The average molecular weight is 393 g/mol. The van der Waals surface area contributed by atoms with Gasteiger partial charge in [0.1, 0.15) is 12.1 Å². The summed E-state index contributed by atoms with van der Waals surface area (Å²) in [4.78, 5) is 38.7. The van der Waals surface area contributed by atoms with Crippen LogP contribution >= 0.6 is 0 Å². The van der Waals surface area contributed by atoms with E-state index in [-0.39, 0.29) is 11.5 Å². The van der Waals surface area contributed by atoms with Crippen molar-refractivity contribution >= 4 is 27.7 Å². The molecule has 4 amide bonds. The van der Waals surface area contributed by atoms with E-state index in [9.17, 15) is 22.8 Å². The monoisotopic (exact) mass is 393 g/mol.